The molecule has 3 nitrogen and oxygen atoms in total. The van der Waals surface area contributed by atoms with E-state index in [0.717, 1.165) is 5.56 Å². The van der Waals surface area contributed by atoms with Gasteiger partial charge in [-0.15, -0.1) is 0 Å². The van der Waals surface area contributed by atoms with E-state index in [2.05, 4.69) is 0 Å². The first-order valence-corrected chi connectivity index (χ1v) is 4.10. The predicted molar refractivity (Wildman–Crippen MR) is 53.1 cm³/mol. The zero-order valence-corrected chi connectivity index (χ0v) is 7.87. The zero-order chi connectivity index (χ0) is 10.1. The van der Waals surface area contributed by atoms with E-state index in [-0.39, 0.29) is 5.91 Å². The summed E-state index contributed by atoms with van der Waals surface area (Å²) in [6.45, 7) is 3.56. The molecule has 1 aromatic rings. The molecule has 0 aliphatic carbocycles. The van der Waals surface area contributed by atoms with Gasteiger partial charge in [0.1, 0.15) is 0 Å². The second kappa shape index (κ2) is 3.09. The molecule has 4 N–H and O–H groups in total. The fourth-order valence-corrected chi connectivity index (χ4v) is 1.07. The first-order valence-electron chi connectivity index (χ1n) is 4.10. The van der Waals surface area contributed by atoms with E-state index < -0.39 is 5.41 Å². The van der Waals surface area contributed by atoms with Gasteiger partial charge in [-0.3, -0.25) is 4.79 Å². The molecule has 0 spiro atoms. The maximum atomic E-state index is 11.1. The Morgan fingerprint density at radius 3 is 2.46 bits per heavy atom. The van der Waals surface area contributed by atoms with Gasteiger partial charge in [-0.05, 0) is 31.5 Å². The van der Waals surface area contributed by atoms with Crippen molar-refractivity contribution in [2.45, 2.75) is 19.3 Å². The average Bonchev–Trinajstić information content (AvgIpc) is 2.04. The number of rotatable bonds is 2. The highest BCUT2D eigenvalue weighted by Crippen LogP contribution is 2.23. The van der Waals surface area contributed by atoms with E-state index >= 15 is 0 Å². The maximum Gasteiger partial charge on any atom is 0.227 e. The standard InChI is InChI=1S/C10H14N2O/c1-10(2,9(12)13)7-4-3-5-8(11)6-7/h3-6H,11H2,1-2H3,(H2,12,13). The number of anilines is 1. The molecule has 0 radical (unpaired) electrons. The van der Waals surface area contributed by atoms with Crippen LogP contribution >= 0.6 is 0 Å². The lowest BCUT2D eigenvalue weighted by molar-refractivity contribution is -0.122. The molecule has 1 aromatic carbocycles. The fourth-order valence-electron chi connectivity index (χ4n) is 1.07. The quantitative estimate of drug-likeness (QED) is 0.664. The number of nitrogen functional groups attached to an aromatic ring is 1. The number of hydrogen-bond donors (Lipinski definition) is 2. The van der Waals surface area contributed by atoms with Crippen LogP contribution in [0.4, 0.5) is 5.69 Å². The van der Waals surface area contributed by atoms with Crippen molar-refractivity contribution in [1.82, 2.24) is 0 Å². The van der Waals surface area contributed by atoms with Gasteiger partial charge in [-0.25, -0.2) is 0 Å². The normalized spacial score (nSPS) is 11.2. The summed E-state index contributed by atoms with van der Waals surface area (Å²) in [6.07, 6.45) is 0. The van der Waals surface area contributed by atoms with Crippen LogP contribution in [0.3, 0.4) is 0 Å². The van der Waals surface area contributed by atoms with Crippen LogP contribution in [0.2, 0.25) is 0 Å². The summed E-state index contributed by atoms with van der Waals surface area (Å²) in [5.41, 5.74) is 11.7. The number of nitrogens with two attached hydrogens (primary N) is 2. The Hall–Kier alpha value is -1.51. The third-order valence-corrected chi connectivity index (χ3v) is 2.22. The maximum absolute atomic E-state index is 11.1. The van der Waals surface area contributed by atoms with Gasteiger partial charge >= 0.3 is 0 Å². The van der Waals surface area contributed by atoms with Gasteiger partial charge in [0.2, 0.25) is 5.91 Å². The van der Waals surface area contributed by atoms with Gasteiger partial charge in [0.05, 0.1) is 5.41 Å². The Morgan fingerprint density at radius 1 is 1.38 bits per heavy atom. The van der Waals surface area contributed by atoms with Crippen LogP contribution in [0.1, 0.15) is 19.4 Å². The van der Waals surface area contributed by atoms with Gasteiger partial charge in [0.15, 0.2) is 0 Å². The van der Waals surface area contributed by atoms with Crippen LogP contribution in [-0.4, -0.2) is 5.91 Å². The number of amides is 1. The molecular formula is C10H14N2O. The molecule has 0 fully saturated rings. The molecule has 0 atom stereocenters. The number of carbonyl (C=O) groups is 1. The molecule has 3 heteroatoms. The second-order valence-electron chi connectivity index (χ2n) is 3.61. The average molecular weight is 178 g/mol. The van der Waals surface area contributed by atoms with E-state index in [1.807, 2.05) is 12.1 Å². The molecule has 0 bridgehead atoms. The molecule has 13 heavy (non-hydrogen) atoms. The van der Waals surface area contributed by atoms with Gasteiger partial charge < -0.3 is 11.5 Å². The van der Waals surface area contributed by atoms with Crippen LogP contribution < -0.4 is 11.5 Å². The van der Waals surface area contributed by atoms with E-state index in [1.54, 1.807) is 26.0 Å². The lowest BCUT2D eigenvalue weighted by Crippen LogP contribution is -2.35. The number of hydrogen-bond acceptors (Lipinski definition) is 2. The molecule has 70 valence electrons. The predicted octanol–water partition coefficient (Wildman–Crippen LogP) is 1.03. The molecule has 1 rings (SSSR count). The van der Waals surface area contributed by atoms with Crippen molar-refractivity contribution in [1.29, 1.82) is 0 Å². The summed E-state index contributed by atoms with van der Waals surface area (Å²) in [5.74, 6) is -0.349. The molecular weight excluding hydrogens is 164 g/mol. The molecule has 0 unspecified atom stereocenters. The van der Waals surface area contributed by atoms with Gasteiger partial charge in [0.25, 0.3) is 0 Å². The summed E-state index contributed by atoms with van der Waals surface area (Å²) in [4.78, 5) is 11.1. The number of carbonyl (C=O) groups excluding carboxylic acids is 1. The van der Waals surface area contributed by atoms with Crippen LogP contribution in [-0.2, 0) is 10.2 Å². The van der Waals surface area contributed by atoms with Crippen LogP contribution in [0.5, 0.6) is 0 Å². The van der Waals surface area contributed by atoms with Crippen molar-refractivity contribution in [2.24, 2.45) is 5.73 Å². The molecule has 0 aromatic heterocycles. The SMILES string of the molecule is CC(C)(C(N)=O)c1cccc(N)c1. The van der Waals surface area contributed by atoms with Crippen LogP contribution in [0, 0.1) is 0 Å². The van der Waals surface area contributed by atoms with E-state index in [9.17, 15) is 4.79 Å². The molecule has 0 saturated heterocycles. The summed E-state index contributed by atoms with van der Waals surface area (Å²) in [5, 5.41) is 0. The highest BCUT2D eigenvalue weighted by atomic mass is 16.1. The topological polar surface area (TPSA) is 69.1 Å². The Bertz CT molecular complexity index is 331. The van der Waals surface area contributed by atoms with Crippen LogP contribution in [0.25, 0.3) is 0 Å². The summed E-state index contributed by atoms with van der Waals surface area (Å²) < 4.78 is 0. The van der Waals surface area contributed by atoms with Crippen molar-refractivity contribution in [3.63, 3.8) is 0 Å². The Balaban J connectivity index is 3.14. The highest BCUT2D eigenvalue weighted by Gasteiger charge is 2.26. The van der Waals surface area contributed by atoms with Crippen molar-refractivity contribution < 1.29 is 4.79 Å². The lowest BCUT2D eigenvalue weighted by Gasteiger charge is -2.21. The first-order chi connectivity index (χ1) is 5.94. The van der Waals surface area contributed by atoms with Crippen molar-refractivity contribution in [2.75, 3.05) is 5.73 Å². The van der Waals surface area contributed by atoms with Crippen molar-refractivity contribution in [3.05, 3.63) is 29.8 Å². The molecule has 1 amide bonds. The van der Waals surface area contributed by atoms with E-state index in [1.165, 1.54) is 0 Å². The molecule has 0 aliphatic heterocycles. The minimum absolute atomic E-state index is 0.349. The summed E-state index contributed by atoms with van der Waals surface area (Å²) in [6, 6.07) is 7.21. The number of benzene rings is 1. The Morgan fingerprint density at radius 2 is 2.00 bits per heavy atom. The Kier molecular flexibility index (Phi) is 2.28. The third-order valence-electron chi connectivity index (χ3n) is 2.22. The number of primary amides is 1. The highest BCUT2D eigenvalue weighted by molar-refractivity contribution is 5.85. The largest absolute Gasteiger partial charge is 0.399 e. The zero-order valence-electron chi connectivity index (χ0n) is 7.87. The summed E-state index contributed by atoms with van der Waals surface area (Å²) >= 11 is 0. The van der Waals surface area contributed by atoms with Crippen LogP contribution in [0.15, 0.2) is 24.3 Å². The third kappa shape index (κ3) is 1.80. The smallest absolute Gasteiger partial charge is 0.227 e. The summed E-state index contributed by atoms with van der Waals surface area (Å²) in [7, 11) is 0. The van der Waals surface area contributed by atoms with Gasteiger partial charge in [0, 0.05) is 5.69 Å². The van der Waals surface area contributed by atoms with Crippen molar-refractivity contribution in [3.8, 4) is 0 Å². The van der Waals surface area contributed by atoms with E-state index in [4.69, 9.17) is 11.5 Å². The fraction of sp³-hybridized carbons (Fsp3) is 0.300. The second-order valence-corrected chi connectivity index (χ2v) is 3.61. The Labute approximate surface area is 77.7 Å². The lowest BCUT2D eigenvalue weighted by atomic mass is 9.84. The van der Waals surface area contributed by atoms with E-state index in [0.29, 0.717) is 5.69 Å². The van der Waals surface area contributed by atoms with Gasteiger partial charge in [-0.1, -0.05) is 12.1 Å². The molecule has 0 saturated carbocycles. The first kappa shape index (κ1) is 9.58. The van der Waals surface area contributed by atoms with Crippen molar-refractivity contribution >= 4 is 11.6 Å². The minimum Gasteiger partial charge on any atom is -0.399 e. The monoisotopic (exact) mass is 178 g/mol. The van der Waals surface area contributed by atoms with Gasteiger partial charge in [-0.2, -0.15) is 0 Å². The molecule has 0 heterocycles. The molecule has 0 aliphatic rings. The minimum atomic E-state index is -0.657.